The summed E-state index contributed by atoms with van der Waals surface area (Å²) in [4.78, 5) is 38.9. The number of Topliss-reactive ketones (excluding diaryl/α,β-unsaturated/α-hetero) is 1. The summed E-state index contributed by atoms with van der Waals surface area (Å²) in [6.45, 7) is 3.57. The Morgan fingerprint density at radius 1 is 1.11 bits per heavy atom. The standard InChI is InChI=1S/C26H27FN2O5S/c1-5-16(2)28-24(31)15-29-25(14-22(30)18-11-20(33-3)13-21(12-18)34-4)35-23(26(29)32)10-17-6-8-19(27)9-7-17/h6-14,16H,5,15H2,1-4H3,(H,28,31)/b23-10-,25-14-/t16-/m1/s1. The molecule has 0 radical (unpaired) electrons. The zero-order valence-electron chi connectivity index (χ0n) is 20.0. The second-order valence-corrected chi connectivity index (χ2v) is 8.94. The van der Waals surface area contributed by atoms with Gasteiger partial charge in [-0.2, -0.15) is 0 Å². The Balaban J connectivity index is 2.11. The van der Waals surface area contributed by atoms with Gasteiger partial charge in [0.15, 0.2) is 5.78 Å². The second kappa shape index (κ2) is 11.6. The molecule has 184 valence electrons. The monoisotopic (exact) mass is 498 g/mol. The summed E-state index contributed by atoms with van der Waals surface area (Å²) in [5.41, 5.74) is 0.513. The number of halogens is 1. The number of thiazole rings is 1. The van der Waals surface area contributed by atoms with E-state index in [1.165, 1.54) is 37.0 Å². The minimum absolute atomic E-state index is 0.0552. The van der Waals surface area contributed by atoms with E-state index in [1.807, 2.05) is 13.8 Å². The van der Waals surface area contributed by atoms with Crippen LogP contribution in [0.25, 0.3) is 12.2 Å². The van der Waals surface area contributed by atoms with Gasteiger partial charge in [0.25, 0.3) is 5.56 Å². The molecule has 0 saturated heterocycles. The molecule has 3 aromatic rings. The number of ketones is 1. The SMILES string of the molecule is CC[C@@H](C)NC(=O)Cn1c(=O)/c(=C/c2ccc(F)cc2)s/c1=C\C(=O)c1cc(OC)cc(OC)c1. The summed E-state index contributed by atoms with van der Waals surface area (Å²) in [6.07, 6.45) is 3.66. The fraction of sp³-hybridized carbons (Fsp3) is 0.269. The molecule has 3 rings (SSSR count). The molecule has 1 amide bonds. The number of benzene rings is 2. The zero-order chi connectivity index (χ0) is 25.5. The smallest absolute Gasteiger partial charge is 0.269 e. The fourth-order valence-corrected chi connectivity index (χ4v) is 4.26. The van der Waals surface area contributed by atoms with Crippen LogP contribution in [-0.2, 0) is 11.3 Å². The fourth-order valence-electron chi connectivity index (χ4n) is 3.21. The van der Waals surface area contributed by atoms with Crippen molar-refractivity contribution in [3.05, 3.63) is 79.0 Å². The maximum Gasteiger partial charge on any atom is 0.269 e. The molecule has 2 aromatic carbocycles. The Bertz CT molecular complexity index is 1370. The van der Waals surface area contributed by atoms with Gasteiger partial charge in [-0.25, -0.2) is 4.39 Å². The number of aromatic nitrogens is 1. The number of nitrogens with one attached hydrogen (secondary N) is 1. The van der Waals surface area contributed by atoms with Crippen LogP contribution in [0.15, 0.2) is 47.3 Å². The van der Waals surface area contributed by atoms with E-state index in [0.29, 0.717) is 31.8 Å². The van der Waals surface area contributed by atoms with Gasteiger partial charge >= 0.3 is 0 Å². The van der Waals surface area contributed by atoms with Crippen molar-refractivity contribution >= 4 is 35.2 Å². The Kier molecular flexibility index (Phi) is 8.59. The van der Waals surface area contributed by atoms with E-state index in [9.17, 15) is 18.8 Å². The first-order chi connectivity index (χ1) is 16.7. The van der Waals surface area contributed by atoms with Crippen molar-refractivity contribution in [1.29, 1.82) is 0 Å². The first-order valence-electron chi connectivity index (χ1n) is 11.0. The maximum absolute atomic E-state index is 13.3. The first-order valence-corrected chi connectivity index (χ1v) is 11.8. The average Bonchev–Trinajstić information content (AvgIpc) is 3.13. The summed E-state index contributed by atoms with van der Waals surface area (Å²) in [6, 6.07) is 10.4. The van der Waals surface area contributed by atoms with Gasteiger partial charge in [0.2, 0.25) is 5.91 Å². The Hall–Kier alpha value is -3.72. The lowest BCUT2D eigenvalue weighted by Crippen LogP contribution is -2.40. The van der Waals surface area contributed by atoms with E-state index in [-0.39, 0.29) is 30.1 Å². The van der Waals surface area contributed by atoms with Crippen LogP contribution in [0.3, 0.4) is 0 Å². The van der Waals surface area contributed by atoms with Crippen LogP contribution in [0.5, 0.6) is 11.5 Å². The highest BCUT2D eigenvalue weighted by molar-refractivity contribution is 7.07. The molecule has 35 heavy (non-hydrogen) atoms. The number of hydrogen-bond acceptors (Lipinski definition) is 6. The van der Waals surface area contributed by atoms with Gasteiger partial charge in [0, 0.05) is 23.7 Å². The van der Waals surface area contributed by atoms with E-state index in [0.717, 1.165) is 17.8 Å². The van der Waals surface area contributed by atoms with Gasteiger partial charge in [-0.05, 0) is 49.2 Å². The molecular formula is C26H27FN2O5S. The van der Waals surface area contributed by atoms with Crippen LogP contribution < -0.4 is 29.5 Å². The molecule has 7 nitrogen and oxygen atoms in total. The van der Waals surface area contributed by atoms with Crippen molar-refractivity contribution in [3.63, 3.8) is 0 Å². The first kappa shape index (κ1) is 25.9. The summed E-state index contributed by atoms with van der Waals surface area (Å²) in [7, 11) is 2.97. The number of ether oxygens (including phenoxy) is 2. The lowest BCUT2D eigenvalue weighted by Gasteiger charge is -2.11. The molecule has 0 spiro atoms. The highest BCUT2D eigenvalue weighted by Crippen LogP contribution is 2.23. The third-order valence-electron chi connectivity index (χ3n) is 5.32. The third-order valence-corrected chi connectivity index (χ3v) is 6.38. The highest BCUT2D eigenvalue weighted by atomic mass is 32.1. The number of hydrogen-bond donors (Lipinski definition) is 1. The average molecular weight is 499 g/mol. The van der Waals surface area contributed by atoms with Gasteiger partial charge in [0.1, 0.15) is 28.5 Å². The van der Waals surface area contributed by atoms with Crippen molar-refractivity contribution in [1.82, 2.24) is 9.88 Å². The number of nitrogens with zero attached hydrogens (tertiary/aromatic N) is 1. The molecule has 1 aromatic heterocycles. The molecule has 0 fully saturated rings. The molecule has 1 atom stereocenters. The third kappa shape index (κ3) is 6.66. The second-order valence-electron chi connectivity index (χ2n) is 7.88. The van der Waals surface area contributed by atoms with Crippen molar-refractivity contribution in [3.8, 4) is 11.5 Å². The topological polar surface area (TPSA) is 86.6 Å². The molecule has 0 aliphatic rings. The van der Waals surface area contributed by atoms with E-state index < -0.39 is 5.56 Å². The minimum Gasteiger partial charge on any atom is -0.497 e. The van der Waals surface area contributed by atoms with Gasteiger partial charge in [-0.1, -0.05) is 19.1 Å². The quantitative estimate of drug-likeness (QED) is 0.458. The zero-order valence-corrected chi connectivity index (χ0v) is 20.8. The van der Waals surface area contributed by atoms with Crippen LogP contribution in [0.1, 0.15) is 36.2 Å². The van der Waals surface area contributed by atoms with Gasteiger partial charge in [0.05, 0.1) is 18.8 Å². The Morgan fingerprint density at radius 3 is 2.31 bits per heavy atom. The highest BCUT2D eigenvalue weighted by Gasteiger charge is 2.14. The molecule has 0 saturated carbocycles. The summed E-state index contributed by atoms with van der Waals surface area (Å²) >= 11 is 1.08. The van der Waals surface area contributed by atoms with E-state index >= 15 is 0 Å². The number of rotatable bonds is 9. The van der Waals surface area contributed by atoms with Crippen molar-refractivity contribution in [2.24, 2.45) is 0 Å². The van der Waals surface area contributed by atoms with Crippen LogP contribution in [0.2, 0.25) is 0 Å². The van der Waals surface area contributed by atoms with Crippen molar-refractivity contribution in [2.75, 3.05) is 14.2 Å². The minimum atomic E-state index is -0.416. The summed E-state index contributed by atoms with van der Waals surface area (Å²) in [5.74, 6) is -0.211. The van der Waals surface area contributed by atoms with Crippen LogP contribution in [-0.4, -0.2) is 36.5 Å². The number of carbonyl (C=O) groups excluding carboxylic acids is 2. The molecule has 1 heterocycles. The number of methoxy groups -OCH3 is 2. The Morgan fingerprint density at radius 2 is 1.74 bits per heavy atom. The Labute approximate surface area is 206 Å². The maximum atomic E-state index is 13.3. The van der Waals surface area contributed by atoms with Crippen molar-refractivity contribution in [2.45, 2.75) is 32.9 Å². The predicted octanol–water partition coefficient (Wildman–Crippen LogP) is 2.47. The summed E-state index contributed by atoms with van der Waals surface area (Å²) in [5, 5.41) is 2.84. The lowest BCUT2D eigenvalue weighted by molar-refractivity contribution is -0.122. The van der Waals surface area contributed by atoms with Gasteiger partial charge in [-0.3, -0.25) is 19.0 Å². The molecule has 1 N–H and O–H groups in total. The van der Waals surface area contributed by atoms with Gasteiger partial charge in [-0.15, -0.1) is 11.3 Å². The van der Waals surface area contributed by atoms with Crippen LogP contribution in [0, 0.1) is 5.82 Å². The van der Waals surface area contributed by atoms with Crippen LogP contribution in [0.4, 0.5) is 4.39 Å². The van der Waals surface area contributed by atoms with Gasteiger partial charge < -0.3 is 14.8 Å². The lowest BCUT2D eigenvalue weighted by atomic mass is 10.1. The molecule has 0 bridgehead atoms. The van der Waals surface area contributed by atoms with E-state index in [1.54, 1.807) is 36.4 Å². The van der Waals surface area contributed by atoms with Crippen molar-refractivity contribution < 1.29 is 23.5 Å². The molecule has 9 heteroatoms. The molecule has 0 unspecified atom stereocenters. The normalized spacial score (nSPS) is 12.9. The van der Waals surface area contributed by atoms with E-state index in [4.69, 9.17) is 9.47 Å². The number of carbonyl (C=O) groups is 2. The summed E-state index contributed by atoms with van der Waals surface area (Å²) < 4.78 is 25.7. The predicted molar refractivity (Wildman–Crippen MR) is 134 cm³/mol. The van der Waals surface area contributed by atoms with E-state index in [2.05, 4.69) is 5.32 Å². The number of amides is 1. The molecule has 0 aliphatic carbocycles. The molecule has 0 aliphatic heterocycles. The largest absolute Gasteiger partial charge is 0.497 e. The molecular weight excluding hydrogens is 471 g/mol. The van der Waals surface area contributed by atoms with Crippen LogP contribution >= 0.6 is 11.3 Å².